The predicted octanol–water partition coefficient (Wildman–Crippen LogP) is 4.38. The van der Waals surface area contributed by atoms with Crippen molar-refractivity contribution in [3.05, 3.63) is 29.8 Å². The van der Waals surface area contributed by atoms with Crippen LogP contribution in [0, 0.1) is 11.8 Å². The third kappa shape index (κ3) is 2.20. The van der Waals surface area contributed by atoms with Crippen LogP contribution in [0.25, 0.3) is 0 Å². The van der Waals surface area contributed by atoms with E-state index in [4.69, 9.17) is 4.74 Å². The first-order chi connectivity index (χ1) is 8.22. The van der Waals surface area contributed by atoms with Gasteiger partial charge in [-0.05, 0) is 68.6 Å². The van der Waals surface area contributed by atoms with Crippen molar-refractivity contribution in [1.82, 2.24) is 0 Å². The minimum atomic E-state index is 0.269. The number of benzene rings is 1. The molecule has 0 heterocycles. The molecular weight excluding hydrogens is 208 g/mol. The third-order valence-electron chi connectivity index (χ3n) is 4.40. The molecule has 2 aliphatic rings. The first-order valence-electron chi connectivity index (χ1n) is 6.99. The van der Waals surface area contributed by atoms with Gasteiger partial charge < -0.3 is 4.74 Å². The molecule has 2 aliphatic carbocycles. The fourth-order valence-corrected chi connectivity index (χ4v) is 3.74. The monoisotopic (exact) mass is 230 g/mol. The van der Waals surface area contributed by atoms with Gasteiger partial charge in [-0.15, -0.1) is 0 Å². The van der Waals surface area contributed by atoms with Gasteiger partial charge in [-0.25, -0.2) is 0 Å². The van der Waals surface area contributed by atoms with Gasteiger partial charge in [0.05, 0.1) is 6.10 Å². The number of hydrogen-bond donors (Lipinski definition) is 0. The van der Waals surface area contributed by atoms with Crippen LogP contribution in [0.2, 0.25) is 0 Å². The van der Waals surface area contributed by atoms with Crippen molar-refractivity contribution < 1.29 is 4.74 Å². The highest BCUT2D eigenvalue weighted by molar-refractivity contribution is 5.32. The minimum absolute atomic E-state index is 0.269. The molecule has 3 unspecified atom stereocenters. The summed E-state index contributed by atoms with van der Waals surface area (Å²) in [5.41, 5.74) is 1.51. The Bertz CT molecular complexity index is 396. The molecule has 2 bridgehead atoms. The van der Waals surface area contributed by atoms with Gasteiger partial charge >= 0.3 is 0 Å². The highest BCUT2D eigenvalue weighted by Crippen LogP contribution is 2.53. The van der Waals surface area contributed by atoms with E-state index in [0.717, 1.165) is 23.5 Å². The van der Waals surface area contributed by atoms with Crippen molar-refractivity contribution in [2.24, 2.45) is 11.8 Å². The zero-order valence-electron chi connectivity index (χ0n) is 10.9. The second kappa shape index (κ2) is 4.36. The first kappa shape index (κ1) is 11.1. The smallest absolute Gasteiger partial charge is 0.119 e. The van der Waals surface area contributed by atoms with E-state index in [0.29, 0.717) is 0 Å². The van der Waals surface area contributed by atoms with Gasteiger partial charge in [0, 0.05) is 0 Å². The highest BCUT2D eigenvalue weighted by atomic mass is 16.5. The molecule has 0 spiro atoms. The SMILES string of the molecule is CC(C)Oc1cccc(C2CC3CCC2C3)c1. The summed E-state index contributed by atoms with van der Waals surface area (Å²) in [6.07, 6.45) is 6.08. The molecule has 0 saturated heterocycles. The molecule has 3 atom stereocenters. The van der Waals surface area contributed by atoms with Gasteiger partial charge in [-0.2, -0.15) is 0 Å². The van der Waals surface area contributed by atoms with Crippen LogP contribution in [0.4, 0.5) is 0 Å². The Hall–Kier alpha value is -0.980. The quantitative estimate of drug-likeness (QED) is 0.749. The summed E-state index contributed by atoms with van der Waals surface area (Å²) < 4.78 is 5.79. The summed E-state index contributed by atoms with van der Waals surface area (Å²) in [6.45, 7) is 4.18. The Morgan fingerprint density at radius 3 is 2.71 bits per heavy atom. The van der Waals surface area contributed by atoms with E-state index in [9.17, 15) is 0 Å². The molecule has 2 fully saturated rings. The zero-order valence-corrected chi connectivity index (χ0v) is 10.9. The molecule has 0 N–H and O–H groups in total. The van der Waals surface area contributed by atoms with E-state index in [1.807, 2.05) is 0 Å². The fourth-order valence-electron chi connectivity index (χ4n) is 3.74. The maximum Gasteiger partial charge on any atom is 0.119 e. The standard InChI is InChI=1S/C16H22O/c1-11(2)17-15-5-3-4-13(10-15)16-9-12-6-7-14(16)8-12/h3-5,10-12,14,16H,6-9H2,1-2H3. The molecule has 17 heavy (non-hydrogen) atoms. The van der Waals surface area contributed by atoms with Gasteiger partial charge in [0.15, 0.2) is 0 Å². The van der Waals surface area contributed by atoms with Crippen molar-refractivity contribution in [2.45, 2.75) is 51.6 Å². The van der Waals surface area contributed by atoms with Gasteiger partial charge in [0.25, 0.3) is 0 Å². The highest BCUT2D eigenvalue weighted by Gasteiger charge is 2.40. The van der Waals surface area contributed by atoms with Crippen molar-refractivity contribution in [3.63, 3.8) is 0 Å². The molecule has 3 rings (SSSR count). The lowest BCUT2D eigenvalue weighted by Gasteiger charge is -2.22. The van der Waals surface area contributed by atoms with Crippen LogP contribution in [-0.4, -0.2) is 6.10 Å². The van der Waals surface area contributed by atoms with E-state index >= 15 is 0 Å². The third-order valence-corrected chi connectivity index (χ3v) is 4.40. The molecule has 1 heteroatoms. The molecule has 0 amide bonds. The summed E-state index contributed by atoms with van der Waals surface area (Å²) in [6, 6.07) is 8.79. The number of rotatable bonds is 3. The van der Waals surface area contributed by atoms with E-state index < -0.39 is 0 Å². The van der Waals surface area contributed by atoms with Gasteiger partial charge in [-0.1, -0.05) is 18.6 Å². The maximum absolute atomic E-state index is 5.79. The lowest BCUT2D eigenvalue weighted by atomic mass is 9.83. The van der Waals surface area contributed by atoms with Crippen LogP contribution >= 0.6 is 0 Å². The fraction of sp³-hybridized carbons (Fsp3) is 0.625. The van der Waals surface area contributed by atoms with Crippen LogP contribution in [-0.2, 0) is 0 Å². The van der Waals surface area contributed by atoms with E-state index in [2.05, 4.69) is 38.1 Å². The second-order valence-electron chi connectivity index (χ2n) is 6.02. The van der Waals surface area contributed by atoms with Crippen molar-refractivity contribution in [2.75, 3.05) is 0 Å². The number of ether oxygens (including phenoxy) is 1. The number of hydrogen-bond acceptors (Lipinski definition) is 1. The van der Waals surface area contributed by atoms with E-state index in [1.54, 1.807) is 0 Å². The maximum atomic E-state index is 5.79. The molecule has 92 valence electrons. The number of fused-ring (bicyclic) bond motifs is 2. The molecule has 0 aromatic heterocycles. The van der Waals surface area contributed by atoms with Gasteiger partial charge in [0.2, 0.25) is 0 Å². The Labute approximate surface area is 104 Å². The summed E-state index contributed by atoms with van der Waals surface area (Å²) >= 11 is 0. The summed E-state index contributed by atoms with van der Waals surface area (Å²) in [5.74, 6) is 3.82. The molecule has 1 nitrogen and oxygen atoms in total. The lowest BCUT2D eigenvalue weighted by molar-refractivity contribution is 0.242. The van der Waals surface area contributed by atoms with Crippen LogP contribution in [0.15, 0.2) is 24.3 Å². The summed E-state index contributed by atoms with van der Waals surface area (Å²) in [4.78, 5) is 0. The minimum Gasteiger partial charge on any atom is -0.491 e. The lowest BCUT2D eigenvalue weighted by Crippen LogP contribution is -2.10. The zero-order chi connectivity index (χ0) is 11.8. The first-order valence-corrected chi connectivity index (χ1v) is 6.99. The Balaban J connectivity index is 1.79. The van der Waals surface area contributed by atoms with Crippen LogP contribution in [0.5, 0.6) is 5.75 Å². The summed E-state index contributed by atoms with van der Waals surface area (Å²) in [5, 5.41) is 0. The Morgan fingerprint density at radius 1 is 1.18 bits per heavy atom. The van der Waals surface area contributed by atoms with Gasteiger partial charge in [0.1, 0.15) is 5.75 Å². The largest absolute Gasteiger partial charge is 0.491 e. The Morgan fingerprint density at radius 2 is 2.06 bits per heavy atom. The molecule has 0 aliphatic heterocycles. The molecular formula is C16H22O. The molecule has 0 radical (unpaired) electrons. The average molecular weight is 230 g/mol. The van der Waals surface area contributed by atoms with Crippen LogP contribution < -0.4 is 4.74 Å². The average Bonchev–Trinajstić information content (AvgIpc) is 2.90. The molecule has 1 aromatic rings. The summed E-state index contributed by atoms with van der Waals surface area (Å²) in [7, 11) is 0. The topological polar surface area (TPSA) is 9.23 Å². The molecule has 2 saturated carbocycles. The van der Waals surface area contributed by atoms with Crippen molar-refractivity contribution >= 4 is 0 Å². The predicted molar refractivity (Wildman–Crippen MR) is 70.4 cm³/mol. The van der Waals surface area contributed by atoms with Crippen LogP contribution in [0.3, 0.4) is 0 Å². The van der Waals surface area contributed by atoms with Crippen molar-refractivity contribution in [1.29, 1.82) is 0 Å². The normalized spacial score (nSPS) is 31.1. The van der Waals surface area contributed by atoms with E-state index in [1.165, 1.54) is 31.2 Å². The van der Waals surface area contributed by atoms with Crippen LogP contribution in [0.1, 0.15) is 51.0 Å². The van der Waals surface area contributed by atoms with Crippen molar-refractivity contribution in [3.8, 4) is 5.75 Å². The Kier molecular flexibility index (Phi) is 2.85. The molecule has 1 aromatic carbocycles. The van der Waals surface area contributed by atoms with E-state index in [-0.39, 0.29) is 6.10 Å². The van der Waals surface area contributed by atoms with Gasteiger partial charge in [-0.3, -0.25) is 0 Å². The second-order valence-corrected chi connectivity index (χ2v) is 6.02.